The van der Waals surface area contributed by atoms with E-state index in [1.165, 1.54) is 4.57 Å². The largest absolute Gasteiger partial charge is 0.726 e. The quantitative estimate of drug-likeness (QED) is 0.0297. The molecule has 0 radical (unpaired) electrons. The lowest BCUT2D eigenvalue weighted by Crippen LogP contribution is -2.78. The van der Waals surface area contributed by atoms with Crippen LogP contribution in [0.15, 0.2) is 30.5 Å². The number of nitrogens with zero attached hydrogens (tertiary/aromatic N) is 1. The molecule has 1 aromatic heterocycles. The first-order chi connectivity index (χ1) is 19.4. The summed E-state index contributed by atoms with van der Waals surface area (Å²) < 4.78 is 44.7. The number of hydrogen-bond donors (Lipinski definition) is 6. The van der Waals surface area contributed by atoms with Gasteiger partial charge in [0, 0.05) is 18.0 Å². The SMILES string of the molecule is CCOC(=O)[C@H](CCC[NH+]=C(N)N)NC(=O)[C@H](Cc1cn(C=O)c2ccccc12)NC(=O)OC(C)(C)C.O=S(=O)([O-])O. The van der Waals surface area contributed by atoms with Gasteiger partial charge in [-0.2, -0.15) is 0 Å². The van der Waals surface area contributed by atoms with Gasteiger partial charge in [0.25, 0.3) is 0 Å². The number of carbonyl (C=O) groups is 4. The van der Waals surface area contributed by atoms with Crippen molar-refractivity contribution >= 4 is 51.6 Å². The van der Waals surface area contributed by atoms with Crippen molar-refractivity contribution in [2.24, 2.45) is 11.5 Å². The highest BCUT2D eigenvalue weighted by molar-refractivity contribution is 7.79. The van der Waals surface area contributed by atoms with Crippen molar-refractivity contribution in [3.05, 3.63) is 36.0 Å². The molecule has 0 aliphatic rings. The van der Waals surface area contributed by atoms with Gasteiger partial charge in [-0.25, -0.2) is 18.0 Å². The van der Waals surface area contributed by atoms with E-state index < -0.39 is 46.1 Å². The Hall–Kier alpha value is -4.22. The van der Waals surface area contributed by atoms with Gasteiger partial charge in [-0.15, -0.1) is 0 Å². The van der Waals surface area contributed by atoms with Crippen molar-refractivity contribution in [2.45, 2.75) is 64.6 Å². The van der Waals surface area contributed by atoms with Crippen molar-refractivity contribution in [2.75, 3.05) is 13.2 Å². The lowest BCUT2D eigenvalue weighted by atomic mass is 10.0. The number of nitrogens with two attached hydrogens (primary N) is 2. The van der Waals surface area contributed by atoms with Crippen molar-refractivity contribution in [1.82, 2.24) is 15.2 Å². The molecule has 0 saturated heterocycles. The molecule has 16 nitrogen and oxygen atoms in total. The molecule has 2 amide bonds. The maximum atomic E-state index is 13.4. The monoisotopic (exact) mass is 614 g/mol. The number of ether oxygens (including phenoxy) is 2. The van der Waals surface area contributed by atoms with Crippen LogP contribution in [0, 0.1) is 0 Å². The number of nitrogens with one attached hydrogen (secondary N) is 3. The number of esters is 1. The number of fused-ring (bicyclic) bond motifs is 1. The van der Waals surface area contributed by atoms with Crippen LogP contribution in [-0.4, -0.2) is 83.3 Å². The molecule has 1 heterocycles. The summed E-state index contributed by atoms with van der Waals surface area (Å²) >= 11 is 0. The van der Waals surface area contributed by atoms with E-state index >= 15 is 0 Å². The summed E-state index contributed by atoms with van der Waals surface area (Å²) in [6.07, 6.45) is 2.22. The van der Waals surface area contributed by atoms with Crippen LogP contribution >= 0.6 is 0 Å². The van der Waals surface area contributed by atoms with Gasteiger partial charge in [-0.1, -0.05) is 18.2 Å². The highest BCUT2D eigenvalue weighted by atomic mass is 32.3. The van der Waals surface area contributed by atoms with Gasteiger partial charge < -0.3 is 24.7 Å². The molecule has 234 valence electrons. The molecule has 17 heteroatoms. The second-order valence-electron chi connectivity index (χ2n) is 9.85. The van der Waals surface area contributed by atoms with Crippen LogP contribution in [-0.2, 0) is 40.7 Å². The molecule has 2 rings (SSSR count). The molecule has 0 fully saturated rings. The normalized spacial score (nSPS) is 12.6. The molecule has 2 atom stereocenters. The second-order valence-corrected chi connectivity index (χ2v) is 10.7. The second kappa shape index (κ2) is 16.3. The van der Waals surface area contributed by atoms with E-state index in [4.69, 9.17) is 38.5 Å². The Morgan fingerprint density at radius 3 is 2.33 bits per heavy atom. The average Bonchev–Trinajstić information content (AvgIpc) is 3.20. The molecule has 0 saturated carbocycles. The van der Waals surface area contributed by atoms with Gasteiger partial charge in [0.05, 0.1) is 18.7 Å². The van der Waals surface area contributed by atoms with E-state index in [9.17, 15) is 19.2 Å². The third kappa shape index (κ3) is 13.9. The number of guanidine groups is 1. The van der Waals surface area contributed by atoms with Crippen LogP contribution < -0.4 is 27.1 Å². The van der Waals surface area contributed by atoms with Gasteiger partial charge in [0.2, 0.25) is 22.7 Å². The number of benzene rings is 1. The summed E-state index contributed by atoms with van der Waals surface area (Å²) in [6.45, 7) is 7.30. The van der Waals surface area contributed by atoms with Crippen LogP contribution in [0.4, 0.5) is 4.79 Å². The minimum Gasteiger partial charge on any atom is -0.726 e. The maximum absolute atomic E-state index is 13.4. The Kier molecular flexibility index (Phi) is 13.9. The molecule has 42 heavy (non-hydrogen) atoms. The predicted molar refractivity (Wildman–Crippen MR) is 150 cm³/mol. The van der Waals surface area contributed by atoms with Crippen molar-refractivity contribution < 1.29 is 51.2 Å². The number of aromatic nitrogens is 1. The molecule has 1 aromatic carbocycles. The first kappa shape index (κ1) is 35.8. The van der Waals surface area contributed by atoms with Crippen molar-refractivity contribution in [3.63, 3.8) is 0 Å². The van der Waals surface area contributed by atoms with Gasteiger partial charge in [0.15, 0.2) is 0 Å². The summed E-state index contributed by atoms with van der Waals surface area (Å²) in [6, 6.07) is 5.13. The lowest BCUT2D eigenvalue weighted by Gasteiger charge is -2.25. The van der Waals surface area contributed by atoms with E-state index in [1.54, 1.807) is 46.0 Å². The fraction of sp³-hybridized carbons (Fsp3) is 0.480. The van der Waals surface area contributed by atoms with E-state index in [0.29, 0.717) is 30.5 Å². The number of carbonyl (C=O) groups excluding carboxylic acids is 4. The Morgan fingerprint density at radius 2 is 1.79 bits per heavy atom. The van der Waals surface area contributed by atoms with E-state index in [-0.39, 0.29) is 25.4 Å². The average molecular weight is 615 g/mol. The van der Waals surface area contributed by atoms with Gasteiger partial charge in [-0.05, 0) is 52.2 Å². The summed E-state index contributed by atoms with van der Waals surface area (Å²) in [5, 5.41) is 6.04. The Morgan fingerprint density at radius 1 is 1.17 bits per heavy atom. The number of rotatable bonds is 12. The van der Waals surface area contributed by atoms with Crippen LogP contribution in [0.3, 0.4) is 0 Å². The molecule has 0 spiro atoms. The third-order valence-corrected chi connectivity index (χ3v) is 5.25. The zero-order valence-electron chi connectivity index (χ0n) is 23.8. The van der Waals surface area contributed by atoms with Gasteiger partial charge in [0.1, 0.15) is 17.7 Å². The summed E-state index contributed by atoms with van der Waals surface area (Å²) in [5.41, 5.74) is 11.3. The number of amides is 2. The molecular formula is C25H38N6O10S. The van der Waals surface area contributed by atoms with Crippen molar-refractivity contribution in [1.29, 1.82) is 0 Å². The standard InChI is InChI=1S/C25H36N6O6.H2O4S/c1-5-36-22(34)18(10-8-12-28-23(26)27)29-21(33)19(30-24(35)37-25(2,3)4)13-16-14-31(15-32)20-11-7-6-9-17(16)20;1-5(2,3)4/h6-7,9,11,14-15,18-19H,5,8,10,12-13H2,1-4H3,(H,29,33)(H,30,35)(H4,26,27,28);(H2,1,2,3,4)/t18-,19-;/m0./s1. The first-order valence-electron chi connectivity index (χ1n) is 12.8. The smallest absolute Gasteiger partial charge is 0.408 e. The molecule has 0 bridgehead atoms. The number of alkyl carbamates (subject to hydrolysis) is 1. The summed E-state index contributed by atoms with van der Waals surface area (Å²) in [5.74, 6) is -1.16. The van der Waals surface area contributed by atoms with Gasteiger partial charge >= 0.3 is 18.0 Å². The maximum Gasteiger partial charge on any atom is 0.408 e. The van der Waals surface area contributed by atoms with Crippen LogP contribution in [0.2, 0.25) is 0 Å². The predicted octanol–water partition coefficient (Wildman–Crippen LogP) is -1.70. The third-order valence-electron chi connectivity index (χ3n) is 5.25. The van der Waals surface area contributed by atoms with Crippen molar-refractivity contribution in [3.8, 4) is 0 Å². The zero-order valence-corrected chi connectivity index (χ0v) is 24.6. The summed E-state index contributed by atoms with van der Waals surface area (Å²) in [4.78, 5) is 52.8. The van der Waals surface area contributed by atoms with Crippen LogP contribution in [0.1, 0.15) is 46.1 Å². The van der Waals surface area contributed by atoms with Crippen LogP contribution in [0.5, 0.6) is 0 Å². The molecule has 8 N–H and O–H groups in total. The van der Waals surface area contributed by atoms with Crippen LogP contribution in [0.25, 0.3) is 10.9 Å². The Balaban J connectivity index is 0.00000162. The summed E-state index contributed by atoms with van der Waals surface area (Å²) in [7, 11) is -4.92. The van der Waals surface area contributed by atoms with E-state index in [1.807, 2.05) is 12.1 Å². The Bertz CT molecular complexity index is 1360. The van der Waals surface area contributed by atoms with E-state index in [0.717, 1.165) is 5.39 Å². The lowest BCUT2D eigenvalue weighted by molar-refractivity contribution is -0.459. The molecular weight excluding hydrogens is 576 g/mol. The topological polar surface area (TPSA) is 259 Å². The molecule has 0 aliphatic heterocycles. The number of hydrogen-bond acceptors (Lipinski definition) is 9. The minimum atomic E-state index is -4.92. The molecule has 0 aliphatic carbocycles. The highest BCUT2D eigenvalue weighted by Crippen LogP contribution is 2.22. The molecule has 0 unspecified atom stereocenters. The Labute approximate surface area is 243 Å². The van der Waals surface area contributed by atoms with Gasteiger partial charge in [-0.3, -0.25) is 35.2 Å². The fourth-order valence-electron chi connectivity index (χ4n) is 3.71. The highest BCUT2D eigenvalue weighted by Gasteiger charge is 2.30. The fourth-order valence-corrected chi connectivity index (χ4v) is 3.71. The number of para-hydroxylation sites is 1. The molecule has 2 aromatic rings. The van der Waals surface area contributed by atoms with E-state index in [2.05, 4.69) is 15.6 Å². The first-order valence-corrected chi connectivity index (χ1v) is 14.1. The zero-order chi connectivity index (χ0) is 32.1. The minimum absolute atomic E-state index is 0.0438.